The van der Waals surface area contributed by atoms with Crippen LogP contribution in [0.25, 0.3) is 0 Å². The normalized spacial score (nSPS) is 13.2. The highest BCUT2D eigenvalue weighted by molar-refractivity contribution is 5.87. The maximum absolute atomic E-state index is 12.7. The summed E-state index contributed by atoms with van der Waals surface area (Å²) in [5, 5.41) is 5.43. The van der Waals surface area contributed by atoms with Crippen LogP contribution in [0.3, 0.4) is 0 Å². The number of alkyl carbamates (subject to hydrolysis) is 1. The number of nitrogens with one attached hydrogen (secondary N) is 2. The molecule has 0 saturated heterocycles. The molecule has 0 saturated carbocycles. The lowest BCUT2D eigenvalue weighted by Gasteiger charge is -2.19. The summed E-state index contributed by atoms with van der Waals surface area (Å²) < 4.78 is 15.7. The molecule has 1 atom stereocenters. The molecule has 7 nitrogen and oxygen atoms in total. The summed E-state index contributed by atoms with van der Waals surface area (Å²) in [6.07, 6.45) is 0.118. The summed E-state index contributed by atoms with van der Waals surface area (Å²) in [6.45, 7) is 1.48. The van der Waals surface area contributed by atoms with Gasteiger partial charge in [-0.1, -0.05) is 36.4 Å². The Hall–Kier alpha value is -3.06. The number of amides is 2. The van der Waals surface area contributed by atoms with Crippen molar-refractivity contribution in [1.29, 1.82) is 0 Å². The zero-order chi connectivity index (χ0) is 19.8. The second kappa shape index (κ2) is 9.75. The smallest absolute Gasteiger partial charge is 0.408 e. The number of fused-ring (bicyclic) bond motifs is 1. The van der Waals surface area contributed by atoms with Crippen LogP contribution >= 0.6 is 0 Å². The van der Waals surface area contributed by atoms with Crippen LogP contribution in [0, 0.1) is 0 Å². The van der Waals surface area contributed by atoms with Gasteiger partial charge in [-0.05, 0) is 28.8 Å². The van der Waals surface area contributed by atoms with Crippen molar-refractivity contribution in [3.05, 3.63) is 65.2 Å². The first-order chi connectivity index (χ1) is 13.7. The van der Waals surface area contributed by atoms with Crippen LogP contribution in [0.15, 0.2) is 48.5 Å². The van der Waals surface area contributed by atoms with Crippen LogP contribution in [0.2, 0.25) is 0 Å². The zero-order valence-electron chi connectivity index (χ0n) is 15.8. The van der Waals surface area contributed by atoms with Crippen molar-refractivity contribution in [2.24, 2.45) is 0 Å². The van der Waals surface area contributed by atoms with Gasteiger partial charge in [0.1, 0.15) is 18.4 Å². The summed E-state index contributed by atoms with van der Waals surface area (Å²) in [4.78, 5) is 25.0. The summed E-state index contributed by atoms with van der Waals surface area (Å²) >= 11 is 0. The van der Waals surface area contributed by atoms with E-state index in [2.05, 4.69) is 10.6 Å². The van der Waals surface area contributed by atoms with Crippen LogP contribution in [-0.2, 0) is 27.3 Å². The lowest BCUT2D eigenvalue weighted by molar-refractivity contribution is -0.123. The molecule has 0 bridgehead atoms. The molecule has 2 aromatic carbocycles. The third kappa shape index (κ3) is 5.23. The maximum atomic E-state index is 12.7. The van der Waals surface area contributed by atoms with E-state index in [0.29, 0.717) is 25.3 Å². The number of benzene rings is 2. The first kappa shape index (κ1) is 19.7. The van der Waals surface area contributed by atoms with E-state index in [0.717, 1.165) is 23.3 Å². The van der Waals surface area contributed by atoms with Crippen molar-refractivity contribution in [2.45, 2.75) is 19.1 Å². The van der Waals surface area contributed by atoms with Gasteiger partial charge in [0.2, 0.25) is 5.91 Å². The molecule has 1 aliphatic rings. The molecule has 7 heteroatoms. The number of carbonyl (C=O) groups excluding carboxylic acids is 2. The van der Waals surface area contributed by atoms with Crippen molar-refractivity contribution >= 4 is 12.0 Å². The summed E-state index contributed by atoms with van der Waals surface area (Å²) in [5.41, 5.74) is 2.57. The molecule has 148 valence electrons. The van der Waals surface area contributed by atoms with Crippen molar-refractivity contribution in [3.8, 4) is 5.75 Å². The van der Waals surface area contributed by atoms with Crippen molar-refractivity contribution in [2.75, 3.05) is 26.9 Å². The number of methoxy groups -OCH3 is 1. The van der Waals surface area contributed by atoms with Gasteiger partial charge in [-0.3, -0.25) is 4.79 Å². The van der Waals surface area contributed by atoms with Crippen molar-refractivity contribution < 1.29 is 23.8 Å². The Morgan fingerprint density at radius 2 is 2.00 bits per heavy atom. The number of rotatable bonds is 8. The van der Waals surface area contributed by atoms with Gasteiger partial charge >= 0.3 is 6.09 Å². The minimum absolute atomic E-state index is 0.128. The fourth-order valence-electron chi connectivity index (χ4n) is 2.95. The molecule has 2 aromatic rings. The van der Waals surface area contributed by atoms with E-state index in [1.807, 2.05) is 42.5 Å². The van der Waals surface area contributed by atoms with Crippen LogP contribution < -0.4 is 15.4 Å². The van der Waals surface area contributed by atoms with E-state index >= 15 is 0 Å². The summed E-state index contributed by atoms with van der Waals surface area (Å²) in [7, 11) is 1.56. The molecule has 2 N–H and O–H groups in total. The molecule has 2 amide bonds. The third-order valence-electron chi connectivity index (χ3n) is 4.39. The Labute approximate surface area is 164 Å². The Morgan fingerprint density at radius 1 is 1.18 bits per heavy atom. The Kier molecular flexibility index (Phi) is 6.86. The van der Waals surface area contributed by atoms with E-state index in [4.69, 9.17) is 14.2 Å². The number of ether oxygens (including phenoxy) is 3. The van der Waals surface area contributed by atoms with Gasteiger partial charge in [-0.15, -0.1) is 0 Å². The van der Waals surface area contributed by atoms with Crippen molar-refractivity contribution in [3.63, 3.8) is 0 Å². The second-order valence-electron chi connectivity index (χ2n) is 6.39. The fraction of sp³-hybridized carbons (Fsp3) is 0.333. The molecular weight excluding hydrogens is 360 g/mol. The van der Waals surface area contributed by atoms with Crippen molar-refractivity contribution in [1.82, 2.24) is 10.6 Å². The van der Waals surface area contributed by atoms with Gasteiger partial charge in [0.25, 0.3) is 0 Å². The summed E-state index contributed by atoms with van der Waals surface area (Å²) in [5.74, 6) is 0.488. The maximum Gasteiger partial charge on any atom is 0.408 e. The quantitative estimate of drug-likeness (QED) is 0.683. The van der Waals surface area contributed by atoms with E-state index in [9.17, 15) is 9.59 Å². The summed E-state index contributed by atoms with van der Waals surface area (Å²) in [6, 6.07) is 14.0. The molecule has 0 fully saturated rings. The third-order valence-corrected chi connectivity index (χ3v) is 4.39. The number of hydrogen-bond donors (Lipinski definition) is 2. The molecule has 1 unspecified atom stereocenters. The van der Waals surface area contributed by atoms with Crippen LogP contribution in [0.1, 0.15) is 22.7 Å². The zero-order valence-corrected chi connectivity index (χ0v) is 15.8. The molecule has 0 radical (unpaired) electrons. The van der Waals surface area contributed by atoms with Crippen LogP contribution in [-0.4, -0.2) is 38.9 Å². The van der Waals surface area contributed by atoms with Gasteiger partial charge in [0, 0.05) is 20.1 Å². The predicted molar refractivity (Wildman–Crippen MR) is 103 cm³/mol. The van der Waals surface area contributed by atoms with E-state index in [-0.39, 0.29) is 12.5 Å². The highest BCUT2D eigenvalue weighted by atomic mass is 16.5. The molecule has 3 rings (SSSR count). The molecule has 0 aromatic heterocycles. The minimum atomic E-state index is -0.869. The van der Waals surface area contributed by atoms with Gasteiger partial charge in [-0.2, -0.15) is 0 Å². The van der Waals surface area contributed by atoms with Gasteiger partial charge in [0.15, 0.2) is 0 Å². The second-order valence-corrected chi connectivity index (χ2v) is 6.39. The van der Waals surface area contributed by atoms with Gasteiger partial charge < -0.3 is 24.8 Å². The SMILES string of the molecule is COCCNC(=O)C(NC(=O)OCc1ccccc1)c1ccc2c(c1)CCO2. The fourth-order valence-corrected chi connectivity index (χ4v) is 2.95. The largest absolute Gasteiger partial charge is 0.493 e. The monoisotopic (exact) mass is 384 g/mol. The lowest BCUT2D eigenvalue weighted by Crippen LogP contribution is -2.41. The number of hydrogen-bond acceptors (Lipinski definition) is 5. The van der Waals surface area contributed by atoms with Crippen LogP contribution in [0.5, 0.6) is 5.75 Å². The average molecular weight is 384 g/mol. The Bertz CT molecular complexity index is 810. The molecule has 1 heterocycles. The Balaban J connectivity index is 1.68. The highest BCUT2D eigenvalue weighted by Crippen LogP contribution is 2.28. The molecule has 28 heavy (non-hydrogen) atoms. The predicted octanol–water partition coefficient (Wildman–Crippen LogP) is 2.35. The van der Waals surface area contributed by atoms with Gasteiger partial charge in [0.05, 0.1) is 13.2 Å². The van der Waals surface area contributed by atoms with E-state index < -0.39 is 12.1 Å². The van der Waals surface area contributed by atoms with Crippen LogP contribution in [0.4, 0.5) is 4.79 Å². The first-order valence-electron chi connectivity index (χ1n) is 9.17. The van der Waals surface area contributed by atoms with Gasteiger partial charge in [-0.25, -0.2) is 4.79 Å². The standard InChI is InChI=1S/C21H24N2O5/c1-26-12-10-22-20(24)19(17-7-8-18-16(13-17)9-11-27-18)23-21(25)28-14-15-5-3-2-4-6-15/h2-8,13,19H,9-12,14H2,1H3,(H,22,24)(H,23,25). The average Bonchev–Trinajstić information content (AvgIpc) is 3.19. The molecule has 0 spiro atoms. The number of carbonyl (C=O) groups is 2. The van der Waals surface area contributed by atoms with E-state index in [1.54, 1.807) is 13.2 Å². The molecule has 0 aliphatic carbocycles. The topological polar surface area (TPSA) is 85.9 Å². The molecular formula is C21H24N2O5. The highest BCUT2D eigenvalue weighted by Gasteiger charge is 2.25. The Morgan fingerprint density at radius 3 is 2.79 bits per heavy atom. The first-order valence-corrected chi connectivity index (χ1v) is 9.17. The van der Waals surface area contributed by atoms with E-state index in [1.165, 1.54) is 0 Å². The minimum Gasteiger partial charge on any atom is -0.493 e. The lowest BCUT2D eigenvalue weighted by atomic mass is 10.0. The molecule has 1 aliphatic heterocycles.